The molecule has 0 spiro atoms. The van der Waals surface area contributed by atoms with Gasteiger partial charge in [0.1, 0.15) is 5.58 Å². The van der Waals surface area contributed by atoms with Crippen LogP contribution in [0.25, 0.3) is 11.0 Å². The lowest BCUT2D eigenvalue weighted by Gasteiger charge is -2.11. The van der Waals surface area contributed by atoms with Crippen molar-refractivity contribution in [2.24, 2.45) is 0 Å². The number of furan rings is 1. The molecule has 7 nitrogen and oxygen atoms in total. The molecule has 1 N–H and O–H groups in total. The van der Waals surface area contributed by atoms with Gasteiger partial charge in [-0.3, -0.25) is 4.79 Å². The number of H-pyrrole nitrogens is 1. The second-order valence-electron chi connectivity index (χ2n) is 6.81. The van der Waals surface area contributed by atoms with Gasteiger partial charge >= 0.3 is 11.9 Å². The van der Waals surface area contributed by atoms with Gasteiger partial charge in [0.15, 0.2) is 6.10 Å². The smallest absolute Gasteiger partial charge is 0.375 e. The van der Waals surface area contributed by atoms with Crippen LogP contribution in [-0.4, -0.2) is 35.4 Å². The Bertz CT molecular complexity index is 1100. The number of rotatable bonds is 6. The largest absolute Gasteiger partial charge is 0.462 e. The van der Waals surface area contributed by atoms with Crippen molar-refractivity contribution in [3.63, 3.8) is 0 Å². The Kier molecular flexibility index (Phi) is 5.59. The number of hydrogen-bond acceptors (Lipinski definition) is 6. The molecule has 0 bridgehead atoms. The zero-order valence-corrected chi connectivity index (χ0v) is 17.0. The van der Waals surface area contributed by atoms with Crippen LogP contribution in [0.4, 0.5) is 0 Å². The Hall–Kier alpha value is -3.35. The van der Waals surface area contributed by atoms with Gasteiger partial charge in [-0.25, -0.2) is 9.59 Å². The fourth-order valence-electron chi connectivity index (χ4n) is 3.35. The molecule has 3 aromatic rings. The van der Waals surface area contributed by atoms with Gasteiger partial charge < -0.3 is 18.9 Å². The summed E-state index contributed by atoms with van der Waals surface area (Å²) >= 11 is 0. The Morgan fingerprint density at radius 3 is 2.41 bits per heavy atom. The normalized spacial score (nSPS) is 12.0. The Labute approximate surface area is 168 Å². The first-order chi connectivity index (χ1) is 13.8. The summed E-state index contributed by atoms with van der Waals surface area (Å²) in [5.74, 6) is -1.59. The maximum absolute atomic E-state index is 12.8. The molecule has 0 saturated carbocycles. The van der Waals surface area contributed by atoms with E-state index in [0.29, 0.717) is 28.0 Å². The van der Waals surface area contributed by atoms with E-state index >= 15 is 0 Å². The number of hydrogen-bond donors (Lipinski definition) is 1. The summed E-state index contributed by atoms with van der Waals surface area (Å²) in [5.41, 5.74) is 2.76. The molecule has 0 aliphatic carbocycles. The lowest BCUT2D eigenvalue weighted by atomic mass is 10.1. The summed E-state index contributed by atoms with van der Waals surface area (Å²) in [7, 11) is 0. The molecule has 3 rings (SSSR count). The number of carbonyl (C=O) groups is 3. The lowest BCUT2D eigenvalue weighted by Crippen LogP contribution is -2.25. The van der Waals surface area contributed by atoms with Gasteiger partial charge in [0.05, 0.1) is 17.9 Å². The number of Topliss-reactive ketones (excluding diaryl/α,β-unsaturated/α-hetero) is 1. The van der Waals surface area contributed by atoms with Gasteiger partial charge in [0, 0.05) is 16.6 Å². The molecule has 0 radical (unpaired) electrons. The highest BCUT2D eigenvalue weighted by Crippen LogP contribution is 2.26. The minimum Gasteiger partial charge on any atom is -0.462 e. The first kappa shape index (κ1) is 20.4. The molecule has 0 fully saturated rings. The number of benzene rings is 1. The molecule has 2 heterocycles. The fourth-order valence-corrected chi connectivity index (χ4v) is 3.35. The van der Waals surface area contributed by atoms with Crippen LogP contribution in [-0.2, 0) is 9.47 Å². The first-order valence-electron chi connectivity index (χ1n) is 9.35. The number of aromatic nitrogens is 1. The number of esters is 2. The SMILES string of the molecule is CCOC(=O)c1c(C)[nH]c(C(=O)[C@H](C)OC(=O)c2oc3ccccc3c2C)c1C. The fraction of sp³-hybridized carbons (Fsp3) is 0.318. The molecule has 1 atom stereocenters. The topological polar surface area (TPSA) is 98.6 Å². The number of para-hydroxylation sites is 1. The van der Waals surface area contributed by atoms with Gasteiger partial charge in [0.25, 0.3) is 0 Å². The van der Waals surface area contributed by atoms with E-state index in [4.69, 9.17) is 13.9 Å². The van der Waals surface area contributed by atoms with E-state index in [2.05, 4.69) is 4.98 Å². The standard InChI is InChI=1S/C22H23NO6/c1-6-27-21(25)17-12(3)18(23-13(17)4)19(24)14(5)28-22(26)20-11(2)15-9-7-8-10-16(15)29-20/h7-10,14,23H,6H2,1-5H3/t14-/m0/s1. The van der Waals surface area contributed by atoms with E-state index in [9.17, 15) is 14.4 Å². The van der Waals surface area contributed by atoms with Crippen LogP contribution in [0.2, 0.25) is 0 Å². The second-order valence-corrected chi connectivity index (χ2v) is 6.81. The molecule has 7 heteroatoms. The number of aromatic amines is 1. The van der Waals surface area contributed by atoms with Crippen molar-refractivity contribution < 1.29 is 28.3 Å². The minimum atomic E-state index is -1.07. The van der Waals surface area contributed by atoms with Crippen molar-refractivity contribution in [1.82, 2.24) is 4.98 Å². The third kappa shape index (κ3) is 3.68. The molecule has 0 amide bonds. The average Bonchev–Trinajstić information content (AvgIpc) is 3.18. The second kappa shape index (κ2) is 7.95. The molecule has 0 aliphatic heterocycles. The summed E-state index contributed by atoms with van der Waals surface area (Å²) < 4.78 is 16.0. The highest BCUT2D eigenvalue weighted by molar-refractivity contribution is 6.05. The number of fused-ring (bicyclic) bond motifs is 1. The van der Waals surface area contributed by atoms with Gasteiger partial charge in [-0.05, 0) is 46.2 Å². The van der Waals surface area contributed by atoms with Crippen LogP contribution < -0.4 is 0 Å². The molecular weight excluding hydrogens is 374 g/mol. The first-order valence-corrected chi connectivity index (χ1v) is 9.35. The predicted octanol–water partition coefficient (Wildman–Crippen LogP) is 4.29. The van der Waals surface area contributed by atoms with Crippen molar-refractivity contribution in [1.29, 1.82) is 0 Å². The van der Waals surface area contributed by atoms with Gasteiger partial charge in [-0.1, -0.05) is 18.2 Å². The average molecular weight is 397 g/mol. The van der Waals surface area contributed by atoms with Crippen LogP contribution in [0.1, 0.15) is 62.1 Å². The molecule has 0 saturated heterocycles. The quantitative estimate of drug-likeness (QED) is 0.492. The molecule has 29 heavy (non-hydrogen) atoms. The summed E-state index contributed by atoms with van der Waals surface area (Å²) in [5, 5.41) is 0.813. The number of ketones is 1. The molecule has 1 aromatic carbocycles. The van der Waals surface area contributed by atoms with Crippen molar-refractivity contribution >= 4 is 28.7 Å². The lowest BCUT2D eigenvalue weighted by molar-refractivity contribution is 0.0288. The maximum atomic E-state index is 12.8. The van der Waals surface area contributed by atoms with Crippen molar-refractivity contribution in [2.75, 3.05) is 6.61 Å². The molecule has 2 aromatic heterocycles. The molecule has 0 aliphatic rings. The molecule has 152 valence electrons. The van der Waals surface area contributed by atoms with E-state index in [0.717, 1.165) is 5.39 Å². The minimum absolute atomic E-state index is 0.0671. The van der Waals surface area contributed by atoms with Crippen LogP contribution in [0, 0.1) is 20.8 Å². The monoisotopic (exact) mass is 397 g/mol. The Morgan fingerprint density at radius 1 is 1.07 bits per heavy atom. The van der Waals surface area contributed by atoms with Crippen molar-refractivity contribution in [3.8, 4) is 0 Å². The Balaban J connectivity index is 1.82. The highest BCUT2D eigenvalue weighted by atomic mass is 16.6. The summed E-state index contributed by atoms with van der Waals surface area (Å²) in [6.07, 6.45) is -1.07. The van der Waals surface area contributed by atoms with Crippen LogP contribution in [0.15, 0.2) is 28.7 Å². The number of carbonyl (C=O) groups excluding carboxylic acids is 3. The van der Waals surface area contributed by atoms with Gasteiger partial charge in [0.2, 0.25) is 11.5 Å². The zero-order chi connectivity index (χ0) is 21.3. The molecule has 0 unspecified atom stereocenters. The number of ether oxygens (including phenoxy) is 2. The van der Waals surface area contributed by atoms with Crippen molar-refractivity contribution in [3.05, 3.63) is 58.1 Å². The highest BCUT2D eigenvalue weighted by Gasteiger charge is 2.29. The summed E-state index contributed by atoms with van der Waals surface area (Å²) in [6.45, 7) is 8.53. The molecular formula is C22H23NO6. The van der Waals surface area contributed by atoms with Crippen LogP contribution >= 0.6 is 0 Å². The number of aryl methyl sites for hydroxylation is 2. The Morgan fingerprint density at radius 2 is 1.76 bits per heavy atom. The maximum Gasteiger partial charge on any atom is 0.375 e. The van der Waals surface area contributed by atoms with E-state index in [1.807, 2.05) is 18.2 Å². The van der Waals surface area contributed by atoms with Crippen molar-refractivity contribution in [2.45, 2.75) is 40.7 Å². The zero-order valence-electron chi connectivity index (χ0n) is 17.0. The third-order valence-electron chi connectivity index (χ3n) is 4.85. The third-order valence-corrected chi connectivity index (χ3v) is 4.85. The van der Waals surface area contributed by atoms with Gasteiger partial charge in [-0.2, -0.15) is 0 Å². The van der Waals surface area contributed by atoms with E-state index in [-0.39, 0.29) is 18.1 Å². The van der Waals surface area contributed by atoms with Crippen LogP contribution in [0.5, 0.6) is 0 Å². The van der Waals surface area contributed by atoms with E-state index < -0.39 is 23.8 Å². The summed E-state index contributed by atoms with van der Waals surface area (Å²) in [6, 6.07) is 7.27. The number of nitrogens with one attached hydrogen (secondary N) is 1. The predicted molar refractivity (Wildman–Crippen MR) is 106 cm³/mol. The summed E-state index contributed by atoms with van der Waals surface area (Å²) in [4.78, 5) is 40.5. The van der Waals surface area contributed by atoms with E-state index in [1.165, 1.54) is 6.92 Å². The van der Waals surface area contributed by atoms with Crippen LogP contribution in [0.3, 0.4) is 0 Å². The van der Waals surface area contributed by atoms with E-state index in [1.54, 1.807) is 33.8 Å². The van der Waals surface area contributed by atoms with Gasteiger partial charge in [-0.15, -0.1) is 0 Å².